The van der Waals surface area contributed by atoms with E-state index < -0.39 is 5.54 Å². The molecule has 2 saturated heterocycles. The second kappa shape index (κ2) is 8.46. The molecule has 0 unspecified atom stereocenters. The van der Waals surface area contributed by atoms with Crippen molar-refractivity contribution in [3.8, 4) is 0 Å². The van der Waals surface area contributed by atoms with Gasteiger partial charge in [0.15, 0.2) is 0 Å². The van der Waals surface area contributed by atoms with Gasteiger partial charge in [-0.15, -0.1) is 0 Å². The van der Waals surface area contributed by atoms with Gasteiger partial charge in [-0.25, -0.2) is 0 Å². The number of unbranched alkanes of at least 4 members (excludes halogenated alkanes) is 1. The molecule has 2 fully saturated rings. The Balaban J connectivity index is 1.45. The van der Waals surface area contributed by atoms with E-state index >= 15 is 0 Å². The van der Waals surface area contributed by atoms with Crippen molar-refractivity contribution in [2.45, 2.75) is 50.8 Å². The van der Waals surface area contributed by atoms with E-state index in [2.05, 4.69) is 53.5 Å². The zero-order valence-corrected chi connectivity index (χ0v) is 16.7. The smallest absolute Gasteiger partial charge is 0.246 e. The van der Waals surface area contributed by atoms with Crippen LogP contribution < -0.4 is 5.32 Å². The van der Waals surface area contributed by atoms with Gasteiger partial charge in [-0.1, -0.05) is 67.9 Å². The minimum Gasteiger partial charge on any atom is -0.364 e. The zero-order valence-electron chi connectivity index (χ0n) is 16.7. The van der Waals surface area contributed by atoms with Crippen LogP contribution in [0.5, 0.6) is 0 Å². The van der Waals surface area contributed by atoms with Gasteiger partial charge in [0.1, 0.15) is 6.61 Å². The summed E-state index contributed by atoms with van der Waals surface area (Å²) in [7, 11) is 0. The fourth-order valence-corrected chi connectivity index (χ4v) is 4.51. The van der Waals surface area contributed by atoms with Gasteiger partial charge in [0.05, 0.1) is 11.6 Å². The molecule has 0 saturated carbocycles. The largest absolute Gasteiger partial charge is 0.364 e. The van der Waals surface area contributed by atoms with Gasteiger partial charge in [-0.3, -0.25) is 9.69 Å². The molecule has 2 atom stereocenters. The molecule has 0 spiro atoms. The summed E-state index contributed by atoms with van der Waals surface area (Å²) >= 11 is 0. The maximum atomic E-state index is 12.1. The lowest BCUT2D eigenvalue weighted by Gasteiger charge is -2.50. The molecular weight excluding hydrogens is 348 g/mol. The monoisotopic (exact) mass is 378 g/mol. The molecule has 2 aliphatic rings. The van der Waals surface area contributed by atoms with Crippen LogP contribution in [0.1, 0.15) is 42.9 Å². The van der Waals surface area contributed by atoms with E-state index in [0.717, 1.165) is 38.0 Å². The lowest BCUT2D eigenvalue weighted by molar-refractivity contribution is -0.152. The van der Waals surface area contributed by atoms with Gasteiger partial charge in [0, 0.05) is 19.6 Å². The summed E-state index contributed by atoms with van der Waals surface area (Å²) in [4.78, 5) is 14.6. The van der Waals surface area contributed by atoms with Gasteiger partial charge in [-0.2, -0.15) is 0 Å². The first-order valence-corrected chi connectivity index (χ1v) is 10.5. The molecule has 0 radical (unpaired) electrons. The van der Waals surface area contributed by atoms with Crippen LogP contribution in [-0.4, -0.2) is 36.6 Å². The summed E-state index contributed by atoms with van der Waals surface area (Å²) in [6.07, 6.45) is 4.48. The van der Waals surface area contributed by atoms with Crippen molar-refractivity contribution in [1.82, 2.24) is 10.2 Å². The van der Waals surface area contributed by atoms with E-state index in [1.165, 1.54) is 24.0 Å². The van der Waals surface area contributed by atoms with Crippen molar-refractivity contribution in [2.75, 3.05) is 19.7 Å². The summed E-state index contributed by atoms with van der Waals surface area (Å²) in [5.41, 5.74) is 3.50. The predicted octanol–water partition coefficient (Wildman–Crippen LogP) is 3.65. The number of amides is 1. The zero-order chi connectivity index (χ0) is 19.4. The van der Waals surface area contributed by atoms with E-state index in [4.69, 9.17) is 4.74 Å². The summed E-state index contributed by atoms with van der Waals surface area (Å²) < 4.78 is 6.03. The van der Waals surface area contributed by atoms with Crippen LogP contribution in [0.15, 0.2) is 54.6 Å². The second-order valence-corrected chi connectivity index (χ2v) is 8.09. The summed E-state index contributed by atoms with van der Waals surface area (Å²) in [6, 6.07) is 19.3. The normalized spacial score (nSPS) is 25.2. The molecule has 1 N–H and O–H groups in total. The average Bonchev–Trinajstić information content (AvgIpc) is 2.74. The fourth-order valence-electron chi connectivity index (χ4n) is 4.51. The average molecular weight is 379 g/mol. The van der Waals surface area contributed by atoms with Crippen molar-refractivity contribution in [1.29, 1.82) is 0 Å². The summed E-state index contributed by atoms with van der Waals surface area (Å²) in [6.45, 7) is 5.07. The highest BCUT2D eigenvalue weighted by molar-refractivity contribution is 5.79. The molecule has 0 aromatic heterocycles. The number of morpholine rings is 1. The van der Waals surface area contributed by atoms with Gasteiger partial charge in [0.25, 0.3) is 0 Å². The number of likely N-dealkylation sites (tertiary alicyclic amines) is 1. The van der Waals surface area contributed by atoms with Gasteiger partial charge in [-0.05, 0) is 36.0 Å². The number of carbonyl (C=O) groups is 1. The number of carbonyl (C=O) groups excluding carboxylic acids is 1. The molecule has 2 heterocycles. The maximum Gasteiger partial charge on any atom is 0.246 e. The highest BCUT2D eigenvalue weighted by Crippen LogP contribution is 2.37. The lowest BCUT2D eigenvalue weighted by Crippen LogP contribution is -2.66. The number of hydrogen-bond acceptors (Lipinski definition) is 3. The molecule has 2 aliphatic heterocycles. The quantitative estimate of drug-likeness (QED) is 0.834. The van der Waals surface area contributed by atoms with Crippen LogP contribution in [0.2, 0.25) is 0 Å². The van der Waals surface area contributed by atoms with Crippen LogP contribution >= 0.6 is 0 Å². The minimum absolute atomic E-state index is 0.0174. The predicted molar refractivity (Wildman–Crippen MR) is 111 cm³/mol. The van der Waals surface area contributed by atoms with Gasteiger partial charge < -0.3 is 10.1 Å². The van der Waals surface area contributed by atoms with Crippen molar-refractivity contribution in [3.63, 3.8) is 0 Å². The first-order valence-electron chi connectivity index (χ1n) is 10.5. The molecule has 148 valence electrons. The topological polar surface area (TPSA) is 41.6 Å². The number of rotatable bonds is 6. The Morgan fingerprint density at radius 2 is 1.86 bits per heavy atom. The van der Waals surface area contributed by atoms with Crippen LogP contribution in [0.3, 0.4) is 0 Å². The summed E-state index contributed by atoms with van der Waals surface area (Å²) in [5, 5.41) is 3.27. The van der Waals surface area contributed by atoms with Gasteiger partial charge in [0.2, 0.25) is 5.91 Å². The van der Waals surface area contributed by atoms with Crippen LogP contribution in [-0.2, 0) is 28.0 Å². The number of benzene rings is 2. The molecule has 4 heteroatoms. The fraction of sp³-hybridized carbons (Fsp3) is 0.458. The van der Waals surface area contributed by atoms with Crippen LogP contribution in [0, 0.1) is 0 Å². The molecular formula is C24H30N2O2. The number of piperidine rings is 1. The molecule has 0 aliphatic carbocycles. The highest BCUT2D eigenvalue weighted by atomic mass is 16.5. The maximum absolute atomic E-state index is 12.1. The van der Waals surface area contributed by atoms with Crippen LogP contribution in [0.25, 0.3) is 0 Å². The number of aryl methyl sites for hydroxylation is 1. The number of ether oxygens (including phenoxy) is 1. The molecule has 0 bridgehead atoms. The van der Waals surface area contributed by atoms with E-state index in [0.29, 0.717) is 0 Å². The minimum atomic E-state index is -0.406. The van der Waals surface area contributed by atoms with Crippen molar-refractivity contribution in [2.24, 2.45) is 0 Å². The molecule has 4 nitrogen and oxygen atoms in total. The van der Waals surface area contributed by atoms with E-state index in [9.17, 15) is 4.79 Å². The standard InChI is InChI=1S/C24H30N2O2/c1-2-3-7-19-10-12-20(13-11-19)16-26-15-14-24(21-8-5-4-6-9-21)22(17-26)28-18-23(27)25-24/h4-6,8-13,22H,2-3,7,14-18H2,1H3,(H,25,27)/t22-,24+/m1/s1. The molecule has 4 rings (SSSR count). The number of hydrogen-bond donors (Lipinski definition) is 1. The van der Waals surface area contributed by atoms with Crippen molar-refractivity contribution in [3.05, 3.63) is 71.3 Å². The molecule has 2 aromatic carbocycles. The first kappa shape index (κ1) is 19.2. The molecule has 28 heavy (non-hydrogen) atoms. The number of nitrogens with one attached hydrogen (secondary N) is 1. The Morgan fingerprint density at radius 3 is 2.61 bits per heavy atom. The van der Waals surface area contributed by atoms with E-state index in [1.54, 1.807) is 0 Å². The second-order valence-electron chi connectivity index (χ2n) is 8.09. The Labute approximate surface area is 167 Å². The highest BCUT2D eigenvalue weighted by Gasteiger charge is 2.48. The molecule has 1 amide bonds. The van der Waals surface area contributed by atoms with Crippen LogP contribution in [0.4, 0.5) is 0 Å². The summed E-state index contributed by atoms with van der Waals surface area (Å²) in [5.74, 6) is -0.0174. The van der Waals surface area contributed by atoms with E-state index in [1.807, 2.05) is 18.2 Å². The third-order valence-electron chi connectivity index (χ3n) is 6.11. The Hall–Kier alpha value is -2.17. The van der Waals surface area contributed by atoms with Crippen molar-refractivity contribution < 1.29 is 9.53 Å². The Bertz CT molecular complexity index is 790. The number of fused-ring (bicyclic) bond motifs is 1. The third-order valence-corrected chi connectivity index (χ3v) is 6.11. The SMILES string of the molecule is CCCCc1ccc(CN2CC[C@@]3(c4ccccc4)NC(=O)CO[C@@H]3C2)cc1. The Kier molecular flexibility index (Phi) is 5.79. The van der Waals surface area contributed by atoms with Gasteiger partial charge >= 0.3 is 0 Å². The molecule has 2 aromatic rings. The van der Waals surface area contributed by atoms with E-state index in [-0.39, 0.29) is 18.6 Å². The van der Waals surface area contributed by atoms with Crippen molar-refractivity contribution >= 4 is 5.91 Å². The lowest BCUT2D eigenvalue weighted by atomic mass is 9.77. The third kappa shape index (κ3) is 3.98. The Morgan fingerprint density at radius 1 is 1.11 bits per heavy atom. The first-order chi connectivity index (χ1) is 13.7. The number of nitrogens with zero attached hydrogens (tertiary/aromatic N) is 1.